The summed E-state index contributed by atoms with van der Waals surface area (Å²) >= 11 is 0. The summed E-state index contributed by atoms with van der Waals surface area (Å²) in [5, 5.41) is 2.93. The Bertz CT molecular complexity index is 1250. The summed E-state index contributed by atoms with van der Waals surface area (Å²) in [6.07, 6.45) is 0.726. The maximum atomic E-state index is 13.5. The maximum Gasteiger partial charge on any atom is 0.243 e. The van der Waals surface area contributed by atoms with E-state index in [1.165, 1.54) is 4.31 Å². The fourth-order valence-electron chi connectivity index (χ4n) is 4.06. The standard InChI is InChI=1S/C22H24F2N4O3S/c1-15-26-20-4-2-3-5-21(20)28(15)13-10-25-22(29)16-8-11-27(12-9-16)32(30,31)17-6-7-18(23)19(24)14-17/h2-7,14,16H,8-13H2,1H3,(H,25,29). The average molecular weight is 463 g/mol. The fourth-order valence-corrected chi connectivity index (χ4v) is 5.54. The average Bonchev–Trinajstić information content (AvgIpc) is 3.10. The Balaban J connectivity index is 1.31. The zero-order chi connectivity index (χ0) is 22.9. The zero-order valence-electron chi connectivity index (χ0n) is 17.6. The highest BCUT2D eigenvalue weighted by Gasteiger charge is 2.32. The van der Waals surface area contributed by atoms with Gasteiger partial charge in [0.1, 0.15) is 5.82 Å². The number of para-hydroxylation sites is 2. The molecule has 4 rings (SSSR count). The lowest BCUT2D eigenvalue weighted by Gasteiger charge is -2.30. The lowest BCUT2D eigenvalue weighted by Crippen LogP contribution is -2.43. The molecular formula is C22H24F2N4O3S. The number of imidazole rings is 1. The third-order valence-corrected chi connectivity index (χ3v) is 7.73. The highest BCUT2D eigenvalue weighted by atomic mass is 32.2. The van der Waals surface area contributed by atoms with Crippen molar-refractivity contribution in [1.82, 2.24) is 19.2 Å². The molecule has 7 nitrogen and oxygen atoms in total. The molecule has 0 unspecified atom stereocenters. The van der Waals surface area contributed by atoms with Crippen molar-refractivity contribution in [3.63, 3.8) is 0 Å². The number of benzene rings is 2. The van der Waals surface area contributed by atoms with Crippen LogP contribution in [0.5, 0.6) is 0 Å². The van der Waals surface area contributed by atoms with Gasteiger partial charge in [0.25, 0.3) is 0 Å². The van der Waals surface area contributed by atoms with Crippen molar-refractivity contribution >= 4 is 27.0 Å². The van der Waals surface area contributed by atoms with Gasteiger partial charge < -0.3 is 9.88 Å². The van der Waals surface area contributed by atoms with E-state index < -0.39 is 21.7 Å². The molecule has 2 heterocycles. The number of halogens is 2. The van der Waals surface area contributed by atoms with Gasteiger partial charge in [-0.3, -0.25) is 4.79 Å². The van der Waals surface area contributed by atoms with Crippen molar-refractivity contribution in [3.05, 3.63) is 59.9 Å². The highest BCUT2D eigenvalue weighted by molar-refractivity contribution is 7.89. The number of nitrogens with zero attached hydrogens (tertiary/aromatic N) is 3. The van der Waals surface area contributed by atoms with E-state index in [1.54, 1.807) is 0 Å². The lowest BCUT2D eigenvalue weighted by atomic mass is 9.97. The summed E-state index contributed by atoms with van der Waals surface area (Å²) in [4.78, 5) is 16.8. The first-order valence-electron chi connectivity index (χ1n) is 10.4. The van der Waals surface area contributed by atoms with E-state index in [4.69, 9.17) is 0 Å². The van der Waals surface area contributed by atoms with Crippen LogP contribution in [0.4, 0.5) is 8.78 Å². The number of sulfonamides is 1. The molecule has 0 spiro atoms. The van der Waals surface area contributed by atoms with Crippen LogP contribution in [0, 0.1) is 24.5 Å². The number of fused-ring (bicyclic) bond motifs is 1. The van der Waals surface area contributed by atoms with E-state index >= 15 is 0 Å². The maximum absolute atomic E-state index is 13.5. The number of piperidine rings is 1. The Labute approximate surface area is 185 Å². The molecule has 32 heavy (non-hydrogen) atoms. The smallest absolute Gasteiger partial charge is 0.243 e. The van der Waals surface area contributed by atoms with Crippen LogP contribution in [0.1, 0.15) is 18.7 Å². The Kier molecular flexibility index (Phi) is 6.25. The molecule has 1 aromatic heterocycles. The number of amides is 1. The predicted molar refractivity (Wildman–Crippen MR) is 115 cm³/mol. The molecule has 1 aliphatic heterocycles. The van der Waals surface area contributed by atoms with Gasteiger partial charge in [0.2, 0.25) is 15.9 Å². The Morgan fingerprint density at radius 2 is 1.84 bits per heavy atom. The van der Waals surface area contributed by atoms with Gasteiger partial charge in [-0.1, -0.05) is 12.1 Å². The first-order valence-corrected chi connectivity index (χ1v) is 11.9. The van der Waals surface area contributed by atoms with E-state index in [1.807, 2.05) is 35.8 Å². The van der Waals surface area contributed by atoms with Gasteiger partial charge in [0.15, 0.2) is 11.6 Å². The Morgan fingerprint density at radius 3 is 2.56 bits per heavy atom. The van der Waals surface area contributed by atoms with Crippen LogP contribution < -0.4 is 5.32 Å². The summed E-state index contributed by atoms with van der Waals surface area (Å²) in [6, 6.07) is 10.3. The number of aromatic nitrogens is 2. The summed E-state index contributed by atoms with van der Waals surface area (Å²) in [7, 11) is -3.94. The molecule has 10 heteroatoms. The SMILES string of the molecule is Cc1nc2ccccc2n1CCNC(=O)C1CCN(S(=O)(=O)c2ccc(F)c(F)c2)CC1. The van der Waals surface area contributed by atoms with E-state index in [0.717, 1.165) is 29.0 Å². The molecule has 1 amide bonds. The monoisotopic (exact) mass is 462 g/mol. The zero-order valence-corrected chi connectivity index (χ0v) is 18.4. The number of carbonyl (C=O) groups excluding carboxylic acids is 1. The van der Waals surface area contributed by atoms with Gasteiger partial charge in [-0.05, 0) is 50.1 Å². The molecule has 2 aromatic carbocycles. The van der Waals surface area contributed by atoms with Crippen LogP contribution in [0.25, 0.3) is 11.0 Å². The van der Waals surface area contributed by atoms with Crippen LogP contribution >= 0.6 is 0 Å². The second-order valence-corrected chi connectivity index (χ2v) is 9.78. The fraction of sp³-hybridized carbons (Fsp3) is 0.364. The summed E-state index contributed by atoms with van der Waals surface area (Å²) in [6.45, 7) is 3.23. The molecule has 0 radical (unpaired) electrons. The van der Waals surface area contributed by atoms with Crippen molar-refractivity contribution < 1.29 is 22.0 Å². The first-order chi connectivity index (χ1) is 15.3. The minimum absolute atomic E-state index is 0.114. The largest absolute Gasteiger partial charge is 0.354 e. The molecule has 170 valence electrons. The predicted octanol–water partition coefficient (Wildman–Crippen LogP) is 2.84. The second-order valence-electron chi connectivity index (χ2n) is 7.84. The molecule has 1 saturated heterocycles. The van der Waals surface area contributed by atoms with Gasteiger partial charge in [0.05, 0.1) is 15.9 Å². The number of hydrogen-bond acceptors (Lipinski definition) is 4. The molecule has 1 fully saturated rings. The van der Waals surface area contributed by atoms with E-state index in [-0.39, 0.29) is 29.8 Å². The lowest BCUT2D eigenvalue weighted by molar-refractivity contribution is -0.126. The molecule has 1 aliphatic rings. The van der Waals surface area contributed by atoms with Crippen LogP contribution in [0.2, 0.25) is 0 Å². The van der Waals surface area contributed by atoms with Crippen LogP contribution in [-0.2, 0) is 21.4 Å². The first kappa shape index (κ1) is 22.3. The molecule has 0 bridgehead atoms. The summed E-state index contributed by atoms with van der Waals surface area (Å²) < 4.78 is 55.2. The van der Waals surface area contributed by atoms with Gasteiger partial charge in [-0.15, -0.1) is 0 Å². The molecular weight excluding hydrogens is 438 g/mol. The topological polar surface area (TPSA) is 84.3 Å². The number of carbonyl (C=O) groups is 1. The van der Waals surface area contributed by atoms with Gasteiger partial charge in [-0.25, -0.2) is 22.2 Å². The van der Waals surface area contributed by atoms with Crippen LogP contribution in [0.15, 0.2) is 47.4 Å². The molecule has 1 N–H and O–H groups in total. The number of aryl methyl sites for hydroxylation is 1. The number of hydrogen-bond donors (Lipinski definition) is 1. The third-order valence-electron chi connectivity index (χ3n) is 5.83. The van der Waals surface area contributed by atoms with Crippen LogP contribution in [0.3, 0.4) is 0 Å². The Hall–Kier alpha value is -2.85. The van der Waals surface area contributed by atoms with Crippen molar-refractivity contribution in [2.75, 3.05) is 19.6 Å². The summed E-state index contributed by atoms with van der Waals surface area (Å²) in [5.74, 6) is -1.85. The van der Waals surface area contributed by atoms with Crippen molar-refractivity contribution in [3.8, 4) is 0 Å². The minimum Gasteiger partial charge on any atom is -0.354 e. The van der Waals surface area contributed by atoms with Gasteiger partial charge >= 0.3 is 0 Å². The quantitative estimate of drug-likeness (QED) is 0.611. The van der Waals surface area contributed by atoms with Crippen molar-refractivity contribution in [2.24, 2.45) is 5.92 Å². The number of nitrogens with one attached hydrogen (secondary N) is 1. The highest BCUT2D eigenvalue weighted by Crippen LogP contribution is 2.25. The van der Waals surface area contributed by atoms with Crippen molar-refractivity contribution in [2.45, 2.75) is 31.2 Å². The minimum atomic E-state index is -3.94. The Morgan fingerprint density at radius 1 is 1.12 bits per heavy atom. The van der Waals surface area contributed by atoms with Crippen LogP contribution in [-0.4, -0.2) is 47.8 Å². The van der Waals surface area contributed by atoms with Gasteiger partial charge in [0, 0.05) is 32.1 Å². The summed E-state index contributed by atoms with van der Waals surface area (Å²) in [5.41, 5.74) is 1.92. The van der Waals surface area contributed by atoms with Crippen molar-refractivity contribution in [1.29, 1.82) is 0 Å². The molecule has 3 aromatic rings. The van der Waals surface area contributed by atoms with E-state index in [0.29, 0.717) is 32.0 Å². The van der Waals surface area contributed by atoms with Gasteiger partial charge in [-0.2, -0.15) is 4.31 Å². The van der Waals surface area contributed by atoms with E-state index in [2.05, 4.69) is 10.3 Å². The van der Waals surface area contributed by atoms with E-state index in [9.17, 15) is 22.0 Å². The molecule has 0 aliphatic carbocycles. The third kappa shape index (κ3) is 4.37. The number of rotatable bonds is 6. The second kappa shape index (κ2) is 8.95. The normalized spacial score (nSPS) is 15.8. The molecule has 0 atom stereocenters. The molecule has 0 saturated carbocycles.